The number of nitrogens with zero attached hydrogens (tertiary/aromatic N) is 1. The van der Waals surface area contributed by atoms with Gasteiger partial charge in [-0.2, -0.15) is 0 Å². The SMILES string of the molecule is O=C(Nc1ccon1)c1ccc(Cl)cc1. The molecule has 2 aromatic rings. The molecule has 0 fully saturated rings. The molecule has 0 atom stereocenters. The van der Waals surface area contributed by atoms with Crippen LogP contribution in [0.2, 0.25) is 5.02 Å². The first-order chi connectivity index (χ1) is 7.25. The molecule has 1 N–H and O–H groups in total. The zero-order chi connectivity index (χ0) is 10.7. The number of carbonyl (C=O) groups is 1. The second-order valence-electron chi connectivity index (χ2n) is 2.85. The van der Waals surface area contributed by atoms with Crippen LogP contribution in [0.1, 0.15) is 10.4 Å². The third-order valence-electron chi connectivity index (χ3n) is 1.79. The molecule has 2 rings (SSSR count). The maximum absolute atomic E-state index is 11.6. The summed E-state index contributed by atoms with van der Waals surface area (Å²) in [7, 11) is 0. The number of hydrogen-bond donors (Lipinski definition) is 1. The Morgan fingerprint density at radius 3 is 2.60 bits per heavy atom. The van der Waals surface area contributed by atoms with Gasteiger partial charge in [-0.05, 0) is 24.3 Å². The number of hydrogen-bond acceptors (Lipinski definition) is 3. The van der Waals surface area contributed by atoms with Gasteiger partial charge in [-0.1, -0.05) is 16.8 Å². The highest BCUT2D eigenvalue weighted by atomic mass is 35.5. The van der Waals surface area contributed by atoms with Crippen molar-refractivity contribution >= 4 is 23.3 Å². The summed E-state index contributed by atoms with van der Waals surface area (Å²) in [5.74, 6) is 0.135. The number of benzene rings is 1. The van der Waals surface area contributed by atoms with Gasteiger partial charge >= 0.3 is 0 Å². The summed E-state index contributed by atoms with van der Waals surface area (Å²) in [5.41, 5.74) is 0.516. The van der Waals surface area contributed by atoms with Crippen LogP contribution in [-0.2, 0) is 0 Å². The van der Waals surface area contributed by atoms with Gasteiger partial charge in [0, 0.05) is 16.7 Å². The Bertz CT molecular complexity index is 451. The summed E-state index contributed by atoms with van der Waals surface area (Å²) >= 11 is 5.70. The molecule has 0 aliphatic heterocycles. The van der Waals surface area contributed by atoms with Crippen molar-refractivity contribution in [3.63, 3.8) is 0 Å². The first-order valence-corrected chi connectivity index (χ1v) is 4.61. The summed E-state index contributed by atoms with van der Waals surface area (Å²) in [6.45, 7) is 0. The molecule has 1 amide bonds. The third-order valence-corrected chi connectivity index (χ3v) is 2.04. The smallest absolute Gasteiger partial charge is 0.256 e. The number of aromatic nitrogens is 1. The summed E-state index contributed by atoms with van der Waals surface area (Å²) in [6, 6.07) is 8.14. The van der Waals surface area contributed by atoms with E-state index >= 15 is 0 Å². The maximum atomic E-state index is 11.6. The summed E-state index contributed by atoms with van der Waals surface area (Å²) in [4.78, 5) is 11.6. The lowest BCUT2D eigenvalue weighted by atomic mass is 10.2. The van der Waals surface area contributed by atoms with Crippen LogP contribution in [0.4, 0.5) is 5.82 Å². The lowest BCUT2D eigenvalue weighted by Gasteiger charge is -2.00. The largest absolute Gasteiger partial charge is 0.363 e. The van der Waals surface area contributed by atoms with Gasteiger partial charge in [-0.3, -0.25) is 4.79 Å². The molecule has 0 aliphatic carbocycles. The Kier molecular flexibility index (Phi) is 2.69. The number of halogens is 1. The minimum absolute atomic E-state index is 0.249. The molecular weight excluding hydrogens is 216 g/mol. The first-order valence-electron chi connectivity index (χ1n) is 4.23. The number of rotatable bonds is 2. The zero-order valence-electron chi connectivity index (χ0n) is 7.61. The molecule has 5 heteroatoms. The van der Waals surface area contributed by atoms with E-state index in [4.69, 9.17) is 11.6 Å². The van der Waals surface area contributed by atoms with Crippen molar-refractivity contribution in [1.82, 2.24) is 5.16 Å². The average molecular weight is 223 g/mol. The van der Waals surface area contributed by atoms with Gasteiger partial charge in [-0.25, -0.2) is 0 Å². The van der Waals surface area contributed by atoms with Crippen molar-refractivity contribution in [1.29, 1.82) is 0 Å². The van der Waals surface area contributed by atoms with E-state index in [1.807, 2.05) is 0 Å². The number of carbonyl (C=O) groups excluding carboxylic acids is 1. The Hall–Kier alpha value is -1.81. The van der Waals surface area contributed by atoms with Crippen LogP contribution in [0, 0.1) is 0 Å². The first kappa shape index (κ1) is 9.73. The van der Waals surface area contributed by atoms with Crippen LogP contribution in [0.3, 0.4) is 0 Å². The highest BCUT2D eigenvalue weighted by molar-refractivity contribution is 6.30. The number of anilines is 1. The molecule has 4 nitrogen and oxygen atoms in total. The van der Waals surface area contributed by atoms with Gasteiger partial charge < -0.3 is 9.84 Å². The Morgan fingerprint density at radius 1 is 1.27 bits per heavy atom. The molecule has 1 heterocycles. The van der Waals surface area contributed by atoms with Crippen LogP contribution < -0.4 is 5.32 Å². The van der Waals surface area contributed by atoms with Crippen molar-refractivity contribution in [3.05, 3.63) is 47.2 Å². The lowest BCUT2D eigenvalue weighted by Crippen LogP contribution is -2.11. The molecule has 0 unspecified atom stereocenters. The fourth-order valence-corrected chi connectivity index (χ4v) is 1.19. The Labute approximate surface area is 90.8 Å². The minimum Gasteiger partial charge on any atom is -0.363 e. The van der Waals surface area contributed by atoms with Crippen LogP contribution in [0.25, 0.3) is 0 Å². The zero-order valence-corrected chi connectivity index (χ0v) is 8.36. The van der Waals surface area contributed by atoms with E-state index in [-0.39, 0.29) is 5.91 Å². The van der Waals surface area contributed by atoms with E-state index in [1.54, 1.807) is 30.3 Å². The van der Waals surface area contributed by atoms with Crippen LogP contribution >= 0.6 is 11.6 Å². The highest BCUT2D eigenvalue weighted by Gasteiger charge is 2.06. The summed E-state index contributed by atoms with van der Waals surface area (Å²) in [5, 5.41) is 6.73. The predicted octanol–water partition coefficient (Wildman–Crippen LogP) is 2.58. The van der Waals surface area contributed by atoms with Crippen LogP contribution in [0.15, 0.2) is 41.1 Å². The van der Waals surface area contributed by atoms with Crippen molar-refractivity contribution in [2.24, 2.45) is 0 Å². The maximum Gasteiger partial charge on any atom is 0.256 e. The van der Waals surface area contributed by atoms with Crippen molar-refractivity contribution in [3.8, 4) is 0 Å². The fourth-order valence-electron chi connectivity index (χ4n) is 1.07. The van der Waals surface area contributed by atoms with Gasteiger partial charge in [0.2, 0.25) is 0 Å². The van der Waals surface area contributed by atoms with E-state index in [1.165, 1.54) is 6.26 Å². The molecule has 15 heavy (non-hydrogen) atoms. The van der Waals surface area contributed by atoms with E-state index in [9.17, 15) is 4.79 Å². The second-order valence-corrected chi connectivity index (χ2v) is 3.28. The lowest BCUT2D eigenvalue weighted by molar-refractivity contribution is 0.102. The molecule has 1 aromatic carbocycles. The minimum atomic E-state index is -0.249. The van der Waals surface area contributed by atoms with E-state index < -0.39 is 0 Å². The molecule has 76 valence electrons. The molecular formula is C10H7ClN2O2. The molecule has 1 aromatic heterocycles. The van der Waals surface area contributed by atoms with Gasteiger partial charge in [0.15, 0.2) is 5.82 Å². The van der Waals surface area contributed by atoms with Crippen LogP contribution in [-0.4, -0.2) is 11.1 Å². The molecule has 0 saturated carbocycles. The van der Waals surface area contributed by atoms with Gasteiger partial charge in [0.05, 0.1) is 0 Å². The number of amides is 1. The van der Waals surface area contributed by atoms with Gasteiger partial charge in [0.25, 0.3) is 5.91 Å². The number of nitrogens with one attached hydrogen (secondary N) is 1. The van der Waals surface area contributed by atoms with E-state index in [2.05, 4.69) is 15.0 Å². The quantitative estimate of drug-likeness (QED) is 0.850. The van der Waals surface area contributed by atoms with Crippen molar-refractivity contribution in [2.75, 3.05) is 5.32 Å². The molecule has 0 radical (unpaired) electrons. The average Bonchev–Trinajstić information content (AvgIpc) is 2.71. The monoisotopic (exact) mass is 222 g/mol. The van der Waals surface area contributed by atoms with Crippen molar-refractivity contribution in [2.45, 2.75) is 0 Å². The Balaban J connectivity index is 2.11. The van der Waals surface area contributed by atoms with Crippen molar-refractivity contribution < 1.29 is 9.32 Å². The Morgan fingerprint density at radius 2 is 2.00 bits per heavy atom. The summed E-state index contributed by atoms with van der Waals surface area (Å²) < 4.78 is 4.58. The van der Waals surface area contributed by atoms with E-state index in [0.717, 1.165) is 0 Å². The van der Waals surface area contributed by atoms with Gasteiger partial charge in [-0.15, -0.1) is 0 Å². The predicted molar refractivity (Wildman–Crippen MR) is 55.9 cm³/mol. The molecule has 0 saturated heterocycles. The second kappa shape index (κ2) is 4.14. The molecule has 0 bridgehead atoms. The fraction of sp³-hybridized carbons (Fsp3) is 0. The topological polar surface area (TPSA) is 55.1 Å². The standard InChI is InChI=1S/C10H7ClN2O2/c11-8-3-1-7(2-4-8)10(14)12-9-5-6-15-13-9/h1-6H,(H,12,13,14). The van der Waals surface area contributed by atoms with Crippen LogP contribution in [0.5, 0.6) is 0 Å². The third kappa shape index (κ3) is 2.35. The normalized spacial score (nSPS) is 9.93. The summed E-state index contributed by atoms with van der Waals surface area (Å²) in [6.07, 6.45) is 1.39. The highest BCUT2D eigenvalue weighted by Crippen LogP contribution is 2.11. The van der Waals surface area contributed by atoms with Gasteiger partial charge in [0.1, 0.15) is 6.26 Å². The van der Waals surface area contributed by atoms with E-state index in [0.29, 0.717) is 16.4 Å². The molecule has 0 aliphatic rings. The molecule has 0 spiro atoms.